The van der Waals surface area contributed by atoms with E-state index < -0.39 is 0 Å². The van der Waals surface area contributed by atoms with Crippen molar-refractivity contribution in [3.05, 3.63) is 22.4 Å². The third kappa shape index (κ3) is 4.35. The van der Waals surface area contributed by atoms with Gasteiger partial charge < -0.3 is 5.32 Å². The van der Waals surface area contributed by atoms with Crippen molar-refractivity contribution >= 4 is 17.2 Å². The normalized spacial score (nSPS) is 10.7. The van der Waals surface area contributed by atoms with E-state index in [1.165, 1.54) is 5.56 Å². The van der Waals surface area contributed by atoms with Gasteiger partial charge in [0, 0.05) is 12.5 Å². The van der Waals surface area contributed by atoms with Crippen LogP contribution in [-0.2, 0) is 11.3 Å². The van der Waals surface area contributed by atoms with Crippen LogP contribution in [0, 0.1) is 5.92 Å². The molecule has 1 amide bonds. The quantitative estimate of drug-likeness (QED) is 0.774. The maximum atomic E-state index is 11.9. The molecule has 16 heavy (non-hydrogen) atoms. The highest BCUT2D eigenvalue weighted by Crippen LogP contribution is 2.14. The summed E-state index contributed by atoms with van der Waals surface area (Å²) < 4.78 is 0. The predicted octanol–water partition coefficient (Wildman–Crippen LogP) is 3.58. The van der Waals surface area contributed by atoms with Crippen LogP contribution in [0.2, 0.25) is 0 Å². The summed E-state index contributed by atoms with van der Waals surface area (Å²) in [6, 6.07) is 2.06. The number of carbonyl (C=O) groups excluding carboxylic acids is 1. The smallest absolute Gasteiger partial charge is 0.223 e. The van der Waals surface area contributed by atoms with Crippen LogP contribution in [0.1, 0.15) is 45.1 Å². The number of hydrogen-bond donors (Lipinski definition) is 1. The molecule has 0 unspecified atom stereocenters. The van der Waals surface area contributed by atoms with Crippen LogP contribution >= 0.6 is 11.3 Å². The van der Waals surface area contributed by atoms with Crippen LogP contribution in [-0.4, -0.2) is 5.91 Å². The third-order valence-corrected chi connectivity index (χ3v) is 3.42. The minimum Gasteiger partial charge on any atom is -0.352 e. The van der Waals surface area contributed by atoms with Crippen molar-refractivity contribution in [1.29, 1.82) is 0 Å². The minimum absolute atomic E-state index is 0.202. The molecule has 3 heteroatoms. The molecule has 0 atom stereocenters. The molecule has 2 nitrogen and oxygen atoms in total. The summed E-state index contributed by atoms with van der Waals surface area (Å²) in [6.45, 7) is 4.94. The fourth-order valence-corrected chi connectivity index (χ4v) is 2.50. The lowest BCUT2D eigenvalue weighted by Crippen LogP contribution is -2.30. The minimum atomic E-state index is 0.202. The van der Waals surface area contributed by atoms with Crippen molar-refractivity contribution in [3.8, 4) is 0 Å². The molecule has 0 saturated carbocycles. The number of carbonyl (C=O) groups is 1. The first kappa shape index (κ1) is 13.2. The van der Waals surface area contributed by atoms with Gasteiger partial charge in [-0.3, -0.25) is 4.79 Å². The topological polar surface area (TPSA) is 29.1 Å². The van der Waals surface area contributed by atoms with Crippen molar-refractivity contribution in [2.24, 2.45) is 5.92 Å². The van der Waals surface area contributed by atoms with Crippen molar-refractivity contribution in [3.63, 3.8) is 0 Å². The van der Waals surface area contributed by atoms with Gasteiger partial charge in [0.2, 0.25) is 5.91 Å². The van der Waals surface area contributed by atoms with E-state index in [4.69, 9.17) is 0 Å². The number of thiophene rings is 1. The van der Waals surface area contributed by atoms with E-state index in [1.807, 2.05) is 5.38 Å². The van der Waals surface area contributed by atoms with Gasteiger partial charge in [0.05, 0.1) is 0 Å². The molecule has 0 aliphatic carbocycles. The van der Waals surface area contributed by atoms with E-state index >= 15 is 0 Å². The number of amides is 1. The number of hydrogen-bond acceptors (Lipinski definition) is 2. The van der Waals surface area contributed by atoms with Crippen LogP contribution in [0.15, 0.2) is 16.8 Å². The van der Waals surface area contributed by atoms with Crippen molar-refractivity contribution in [2.75, 3.05) is 0 Å². The summed E-state index contributed by atoms with van der Waals surface area (Å²) in [4.78, 5) is 11.9. The van der Waals surface area contributed by atoms with Crippen molar-refractivity contribution < 1.29 is 4.79 Å². The highest BCUT2D eigenvalue weighted by atomic mass is 32.1. The SMILES string of the molecule is CCCC(CCC)C(=O)NCc1ccsc1. The molecule has 1 aromatic heterocycles. The maximum absolute atomic E-state index is 11.9. The van der Waals surface area contributed by atoms with Crippen molar-refractivity contribution in [2.45, 2.75) is 46.1 Å². The van der Waals surface area contributed by atoms with Gasteiger partial charge in [-0.15, -0.1) is 0 Å². The maximum Gasteiger partial charge on any atom is 0.223 e. The monoisotopic (exact) mass is 239 g/mol. The van der Waals surface area contributed by atoms with Gasteiger partial charge >= 0.3 is 0 Å². The summed E-state index contributed by atoms with van der Waals surface area (Å²) in [5.41, 5.74) is 1.20. The molecule has 0 bridgehead atoms. The fourth-order valence-electron chi connectivity index (χ4n) is 1.83. The average Bonchev–Trinajstić information content (AvgIpc) is 2.78. The molecular weight excluding hydrogens is 218 g/mol. The Hall–Kier alpha value is -0.830. The molecule has 1 N–H and O–H groups in total. The Bertz CT molecular complexity index is 289. The molecule has 90 valence electrons. The lowest BCUT2D eigenvalue weighted by Gasteiger charge is -2.14. The van der Waals surface area contributed by atoms with Gasteiger partial charge in [-0.25, -0.2) is 0 Å². The summed E-state index contributed by atoms with van der Waals surface area (Å²) >= 11 is 1.67. The zero-order valence-corrected chi connectivity index (χ0v) is 11.0. The molecule has 0 fully saturated rings. The van der Waals surface area contributed by atoms with E-state index in [0.29, 0.717) is 6.54 Å². The zero-order valence-electron chi connectivity index (χ0n) is 10.2. The van der Waals surface area contributed by atoms with Gasteiger partial charge in [0.15, 0.2) is 0 Å². The zero-order chi connectivity index (χ0) is 11.8. The first-order chi connectivity index (χ1) is 7.77. The van der Waals surface area contributed by atoms with E-state index in [1.54, 1.807) is 11.3 Å². The molecule has 0 aliphatic rings. The molecular formula is C13H21NOS. The summed E-state index contributed by atoms with van der Waals surface area (Å²) in [5, 5.41) is 7.14. The largest absolute Gasteiger partial charge is 0.352 e. The lowest BCUT2D eigenvalue weighted by atomic mass is 9.97. The van der Waals surface area contributed by atoms with Crippen LogP contribution in [0.3, 0.4) is 0 Å². The highest BCUT2D eigenvalue weighted by molar-refractivity contribution is 7.07. The summed E-state index contributed by atoms with van der Waals surface area (Å²) in [5.74, 6) is 0.420. The average molecular weight is 239 g/mol. The van der Waals surface area contributed by atoms with Crippen LogP contribution in [0.4, 0.5) is 0 Å². The molecule has 0 spiro atoms. The summed E-state index contributed by atoms with van der Waals surface area (Å²) in [7, 11) is 0. The molecule has 1 rings (SSSR count). The Morgan fingerprint density at radius 3 is 2.56 bits per heavy atom. The second-order valence-electron chi connectivity index (χ2n) is 4.12. The fraction of sp³-hybridized carbons (Fsp3) is 0.615. The Labute approximate surface area is 102 Å². The van der Waals surface area contributed by atoms with Gasteiger partial charge in [-0.05, 0) is 35.2 Å². The number of nitrogens with one attached hydrogen (secondary N) is 1. The molecule has 0 radical (unpaired) electrons. The van der Waals surface area contributed by atoms with Crippen LogP contribution < -0.4 is 5.32 Å². The van der Waals surface area contributed by atoms with E-state index in [-0.39, 0.29) is 11.8 Å². The predicted molar refractivity (Wildman–Crippen MR) is 69.5 cm³/mol. The molecule has 1 heterocycles. The Kier molecular flexibility index (Phi) is 6.16. The first-order valence-corrected chi connectivity index (χ1v) is 7.01. The molecule has 0 saturated heterocycles. The third-order valence-electron chi connectivity index (χ3n) is 2.69. The van der Waals surface area contributed by atoms with Gasteiger partial charge in [0.1, 0.15) is 0 Å². The van der Waals surface area contributed by atoms with Gasteiger partial charge in [0.25, 0.3) is 0 Å². The van der Waals surface area contributed by atoms with Gasteiger partial charge in [-0.2, -0.15) is 11.3 Å². The Balaban J connectivity index is 2.36. The molecule has 0 aromatic carbocycles. The van der Waals surface area contributed by atoms with Gasteiger partial charge in [-0.1, -0.05) is 26.7 Å². The van der Waals surface area contributed by atoms with E-state index in [0.717, 1.165) is 25.7 Å². The first-order valence-electron chi connectivity index (χ1n) is 6.06. The molecule has 1 aromatic rings. The Morgan fingerprint density at radius 1 is 1.38 bits per heavy atom. The van der Waals surface area contributed by atoms with E-state index in [9.17, 15) is 4.79 Å². The number of rotatable bonds is 7. The Morgan fingerprint density at radius 2 is 2.06 bits per heavy atom. The summed E-state index contributed by atoms with van der Waals surface area (Å²) in [6.07, 6.45) is 4.17. The van der Waals surface area contributed by atoms with Crippen LogP contribution in [0.5, 0.6) is 0 Å². The van der Waals surface area contributed by atoms with Crippen LogP contribution in [0.25, 0.3) is 0 Å². The second kappa shape index (κ2) is 7.44. The standard InChI is InChI=1S/C13H21NOS/c1-3-5-12(6-4-2)13(15)14-9-11-7-8-16-10-11/h7-8,10,12H,3-6,9H2,1-2H3,(H,14,15). The second-order valence-corrected chi connectivity index (χ2v) is 4.90. The highest BCUT2D eigenvalue weighted by Gasteiger charge is 2.15. The lowest BCUT2D eigenvalue weighted by molar-refractivity contribution is -0.125. The van der Waals surface area contributed by atoms with Crippen molar-refractivity contribution in [1.82, 2.24) is 5.32 Å². The van der Waals surface area contributed by atoms with E-state index in [2.05, 4.69) is 30.6 Å². The molecule has 0 aliphatic heterocycles.